The van der Waals surface area contributed by atoms with Gasteiger partial charge in [-0.2, -0.15) is 5.26 Å². The highest BCUT2D eigenvalue weighted by molar-refractivity contribution is 5.91. The number of carbonyl (C=O) groups is 3. The maximum absolute atomic E-state index is 10.4. The van der Waals surface area contributed by atoms with E-state index in [9.17, 15) is 14.4 Å². The van der Waals surface area contributed by atoms with E-state index in [1.165, 1.54) is 12.2 Å². The maximum Gasteiger partial charge on any atom is 0.330 e. The van der Waals surface area contributed by atoms with Crippen LogP contribution in [0.4, 0.5) is 0 Å². The van der Waals surface area contributed by atoms with Crippen molar-refractivity contribution in [2.75, 3.05) is 13.3 Å². The van der Waals surface area contributed by atoms with E-state index < -0.39 is 5.91 Å². The number of aliphatic hydroxyl groups is 1. The Morgan fingerprint density at radius 3 is 1.85 bits per heavy atom. The fraction of sp³-hybridized carbons (Fsp3) is 0.368. The molecule has 0 aliphatic rings. The molecule has 0 spiro atoms. The van der Waals surface area contributed by atoms with E-state index in [0.29, 0.717) is 17.8 Å². The van der Waals surface area contributed by atoms with E-state index in [1.54, 1.807) is 19.9 Å². The molecule has 0 bridgehead atoms. The van der Waals surface area contributed by atoms with Crippen molar-refractivity contribution in [3.8, 4) is 6.07 Å². The first-order chi connectivity index (χ1) is 12.5. The molecule has 152 valence electrons. The zero-order chi connectivity index (χ0) is 22.3. The Balaban J connectivity index is -0.000000136. The summed E-state index contributed by atoms with van der Waals surface area (Å²) in [4.78, 5) is 30.5. The number of ether oxygens (including phenoxy) is 1. The number of nitrogens with one attached hydrogen (secondary N) is 1. The number of aliphatic hydroxyl groups excluding tert-OH is 1. The number of nitrogens with two attached hydrogens (primary N) is 1. The summed E-state index contributed by atoms with van der Waals surface area (Å²) < 4.78 is 4.67. The molecule has 0 heterocycles. The highest BCUT2D eigenvalue weighted by Crippen LogP contribution is 1.88. The third-order valence-electron chi connectivity index (χ3n) is 2.05. The molecule has 0 fully saturated rings. The van der Waals surface area contributed by atoms with Gasteiger partial charge in [0.2, 0.25) is 11.8 Å². The van der Waals surface area contributed by atoms with Gasteiger partial charge in [-0.15, -0.1) is 0 Å². The summed E-state index contributed by atoms with van der Waals surface area (Å²) in [5.41, 5.74) is 5.50. The van der Waals surface area contributed by atoms with Crippen LogP contribution in [0.3, 0.4) is 0 Å². The van der Waals surface area contributed by atoms with Gasteiger partial charge in [0.05, 0.1) is 12.7 Å². The molecule has 0 radical (unpaired) electrons. The summed E-state index contributed by atoms with van der Waals surface area (Å²) in [6.07, 6.45) is 4.33. The van der Waals surface area contributed by atoms with Crippen molar-refractivity contribution in [2.45, 2.75) is 33.6 Å². The largest absolute Gasteiger partial charge is 0.463 e. The molecule has 0 unspecified atom stereocenters. The molecular weight excluding hydrogens is 350 g/mol. The predicted molar refractivity (Wildman–Crippen MR) is 106 cm³/mol. The molecule has 0 rings (SSSR count). The fourth-order valence-electron chi connectivity index (χ4n) is 0.599. The fourth-order valence-corrected chi connectivity index (χ4v) is 0.599. The van der Waals surface area contributed by atoms with Crippen LogP contribution in [-0.2, 0) is 19.1 Å². The molecule has 0 aromatic rings. The lowest BCUT2D eigenvalue weighted by atomic mass is 10.3. The topological polar surface area (TPSA) is 143 Å². The van der Waals surface area contributed by atoms with Gasteiger partial charge in [-0.1, -0.05) is 39.7 Å². The van der Waals surface area contributed by atoms with Gasteiger partial charge in [0.25, 0.3) is 0 Å². The molecule has 0 saturated heterocycles. The van der Waals surface area contributed by atoms with Crippen LogP contribution in [0.2, 0.25) is 0 Å². The van der Waals surface area contributed by atoms with Crippen molar-refractivity contribution in [1.29, 1.82) is 5.26 Å². The molecule has 0 aliphatic carbocycles. The smallest absolute Gasteiger partial charge is 0.330 e. The van der Waals surface area contributed by atoms with Gasteiger partial charge in [-0.3, -0.25) is 9.59 Å². The Labute approximate surface area is 161 Å². The zero-order valence-electron chi connectivity index (χ0n) is 16.4. The third kappa shape index (κ3) is 39.5. The average Bonchev–Trinajstić information content (AvgIpc) is 2.63. The van der Waals surface area contributed by atoms with Crippen LogP contribution in [0.25, 0.3) is 0 Å². The summed E-state index contributed by atoms with van der Waals surface area (Å²) in [7, 11) is 0. The van der Waals surface area contributed by atoms with E-state index in [0.717, 1.165) is 12.8 Å². The van der Waals surface area contributed by atoms with Crippen molar-refractivity contribution < 1.29 is 24.2 Å². The van der Waals surface area contributed by atoms with Crippen molar-refractivity contribution in [3.05, 3.63) is 49.6 Å². The number of primary amides is 1. The quantitative estimate of drug-likeness (QED) is 0.202. The van der Waals surface area contributed by atoms with E-state index in [2.05, 4.69) is 36.4 Å². The summed E-state index contributed by atoms with van der Waals surface area (Å²) in [5, 5.41) is 17.8. The van der Waals surface area contributed by atoms with Gasteiger partial charge < -0.3 is 20.9 Å². The number of unbranched alkanes of at least 4 members (excludes halogenated alkanes) is 1. The lowest BCUT2D eigenvalue weighted by Crippen LogP contribution is -2.24. The number of rotatable bonds is 7. The monoisotopic (exact) mass is 381 g/mol. The van der Waals surface area contributed by atoms with Crippen molar-refractivity contribution in [3.63, 3.8) is 0 Å². The van der Waals surface area contributed by atoms with Crippen LogP contribution in [-0.4, -0.2) is 36.2 Å². The van der Waals surface area contributed by atoms with Crippen LogP contribution in [0, 0.1) is 11.3 Å². The molecule has 2 amide bonds. The lowest BCUT2D eigenvalue weighted by Gasteiger charge is -1.97. The first-order valence-electron chi connectivity index (χ1n) is 7.85. The number of amides is 2. The molecule has 0 aromatic heterocycles. The minimum absolute atomic E-state index is 0.312. The Morgan fingerprint density at radius 1 is 1.22 bits per heavy atom. The van der Waals surface area contributed by atoms with Crippen molar-refractivity contribution in [1.82, 2.24) is 5.32 Å². The molecule has 0 aromatic carbocycles. The standard InChI is InChI=1S/C7H12O2.C5H9NO2.C4H7NO.C3H3N/c1-3-5-6-9-7(8)4-2;1-4(2)5(8)6-3-7;1-3(2)4(5)6;1-2-3-4/h4H,2-3,5-6H2,1H3;7H,1,3H2,2H3,(H,6,8);1H2,2H3,(H2,5,6);2H,1H2. The molecule has 27 heavy (non-hydrogen) atoms. The van der Waals surface area contributed by atoms with Crippen LogP contribution in [0.15, 0.2) is 49.6 Å². The highest BCUT2D eigenvalue weighted by atomic mass is 16.5. The summed E-state index contributed by atoms with van der Waals surface area (Å²) in [6.45, 7) is 18.4. The summed E-state index contributed by atoms with van der Waals surface area (Å²) in [5.74, 6) is -1.08. The maximum atomic E-state index is 10.4. The molecule has 4 N–H and O–H groups in total. The summed E-state index contributed by atoms with van der Waals surface area (Å²) >= 11 is 0. The molecule has 0 atom stereocenters. The van der Waals surface area contributed by atoms with Crippen LogP contribution in [0.5, 0.6) is 0 Å². The van der Waals surface area contributed by atoms with E-state index in [-0.39, 0.29) is 18.6 Å². The van der Waals surface area contributed by atoms with Crippen LogP contribution in [0.1, 0.15) is 33.6 Å². The van der Waals surface area contributed by atoms with Crippen LogP contribution >= 0.6 is 0 Å². The van der Waals surface area contributed by atoms with Gasteiger partial charge in [-0.25, -0.2) is 4.79 Å². The number of esters is 1. The molecule has 0 saturated carbocycles. The molecule has 0 aliphatic heterocycles. The lowest BCUT2D eigenvalue weighted by molar-refractivity contribution is -0.137. The Morgan fingerprint density at radius 2 is 1.67 bits per heavy atom. The third-order valence-corrected chi connectivity index (χ3v) is 2.05. The molecule has 8 nitrogen and oxygen atoms in total. The second kappa shape index (κ2) is 25.1. The number of nitriles is 1. The number of hydrogen-bond acceptors (Lipinski definition) is 6. The van der Waals surface area contributed by atoms with E-state index in [1.807, 2.05) is 6.92 Å². The zero-order valence-corrected chi connectivity index (χ0v) is 16.4. The highest BCUT2D eigenvalue weighted by Gasteiger charge is 1.95. The van der Waals surface area contributed by atoms with Gasteiger partial charge in [0.15, 0.2) is 0 Å². The minimum atomic E-state index is -0.435. The van der Waals surface area contributed by atoms with Gasteiger partial charge >= 0.3 is 5.97 Å². The number of allylic oxidation sites excluding steroid dienone is 1. The second-order valence-electron chi connectivity index (χ2n) is 4.65. The number of carbonyl (C=O) groups excluding carboxylic acids is 3. The molecular formula is C19H31N3O5. The van der Waals surface area contributed by atoms with Crippen molar-refractivity contribution >= 4 is 17.8 Å². The van der Waals surface area contributed by atoms with Gasteiger partial charge in [-0.05, 0) is 20.3 Å². The molecule has 8 heteroatoms. The number of nitrogens with zero attached hydrogens (tertiary/aromatic N) is 1. The van der Waals surface area contributed by atoms with Gasteiger partial charge in [0, 0.05) is 23.3 Å². The first-order valence-corrected chi connectivity index (χ1v) is 7.85. The Hall–Kier alpha value is -3.18. The first kappa shape index (κ1) is 31.6. The van der Waals surface area contributed by atoms with Crippen molar-refractivity contribution in [2.24, 2.45) is 5.73 Å². The second-order valence-corrected chi connectivity index (χ2v) is 4.65. The predicted octanol–water partition coefficient (Wildman–Crippen LogP) is 1.89. The SMILES string of the molecule is C=C(C)C(=O)NCO.C=C(C)C(N)=O.C=CC#N.C=CC(=O)OCCCC. The Bertz CT molecular complexity index is 522. The minimum Gasteiger partial charge on any atom is -0.463 e. The summed E-state index contributed by atoms with van der Waals surface area (Å²) in [6, 6.07) is 1.69. The van der Waals surface area contributed by atoms with Crippen LogP contribution < -0.4 is 11.1 Å². The van der Waals surface area contributed by atoms with Gasteiger partial charge in [0.1, 0.15) is 6.73 Å². The van der Waals surface area contributed by atoms with E-state index >= 15 is 0 Å². The average molecular weight is 381 g/mol. The number of hydrogen-bond donors (Lipinski definition) is 3. The Kier molecular flexibility index (Phi) is 29.3. The normalized spacial score (nSPS) is 7.52. The van der Waals surface area contributed by atoms with E-state index in [4.69, 9.17) is 16.1 Å².